The highest BCUT2D eigenvalue weighted by molar-refractivity contribution is 6.24. The van der Waals surface area contributed by atoms with Crippen LogP contribution in [0.3, 0.4) is 0 Å². The molecule has 160 valence electrons. The van der Waals surface area contributed by atoms with Crippen molar-refractivity contribution in [1.82, 2.24) is 0 Å². The van der Waals surface area contributed by atoms with Crippen LogP contribution in [-0.4, -0.2) is 0 Å². The van der Waals surface area contributed by atoms with Crippen molar-refractivity contribution in [3.05, 3.63) is 108 Å². The molecular formula is C33H28. The molecule has 0 fully saturated rings. The second-order valence-corrected chi connectivity index (χ2v) is 9.37. The van der Waals surface area contributed by atoms with E-state index in [0.29, 0.717) is 0 Å². The third-order valence-corrected chi connectivity index (χ3v) is 7.39. The van der Waals surface area contributed by atoms with Crippen LogP contribution in [0.1, 0.15) is 38.8 Å². The van der Waals surface area contributed by atoms with Gasteiger partial charge in [0, 0.05) is 5.41 Å². The van der Waals surface area contributed by atoms with Gasteiger partial charge in [-0.3, -0.25) is 0 Å². The van der Waals surface area contributed by atoms with E-state index in [4.69, 9.17) is 0 Å². The highest BCUT2D eigenvalue weighted by Gasteiger charge is 2.35. The number of benzene rings is 6. The summed E-state index contributed by atoms with van der Waals surface area (Å²) in [5.41, 5.74) is 5.61. The molecule has 0 aliphatic heterocycles. The number of hydrogen-bond donors (Lipinski definition) is 0. The number of hydrogen-bond acceptors (Lipinski definition) is 0. The summed E-state index contributed by atoms with van der Waals surface area (Å²) in [6, 6.07) is 36.1. The molecule has 0 N–H and O–H groups in total. The lowest BCUT2D eigenvalue weighted by Gasteiger charge is -2.36. The van der Waals surface area contributed by atoms with Gasteiger partial charge in [0.05, 0.1) is 0 Å². The van der Waals surface area contributed by atoms with Crippen LogP contribution in [0.5, 0.6) is 0 Å². The lowest BCUT2D eigenvalue weighted by atomic mass is 9.66. The van der Waals surface area contributed by atoms with Crippen LogP contribution >= 0.6 is 0 Å². The summed E-state index contributed by atoms with van der Waals surface area (Å²) >= 11 is 0. The Morgan fingerprint density at radius 3 is 1.91 bits per heavy atom. The van der Waals surface area contributed by atoms with Crippen molar-refractivity contribution in [2.45, 2.75) is 33.1 Å². The lowest BCUT2D eigenvalue weighted by Crippen LogP contribution is -2.24. The molecule has 0 saturated heterocycles. The van der Waals surface area contributed by atoms with Crippen LogP contribution in [0.15, 0.2) is 97.1 Å². The van der Waals surface area contributed by atoms with Gasteiger partial charge in [0.15, 0.2) is 0 Å². The van der Waals surface area contributed by atoms with Gasteiger partial charge in [-0.15, -0.1) is 0 Å². The van der Waals surface area contributed by atoms with Gasteiger partial charge in [0.2, 0.25) is 0 Å². The van der Waals surface area contributed by atoms with E-state index in [1.165, 1.54) is 65.3 Å². The van der Waals surface area contributed by atoms with E-state index in [-0.39, 0.29) is 5.41 Å². The first-order valence-electron chi connectivity index (χ1n) is 12.0. The van der Waals surface area contributed by atoms with Gasteiger partial charge >= 0.3 is 0 Å². The maximum absolute atomic E-state index is 2.38. The average molecular weight is 425 g/mol. The molecule has 0 bridgehead atoms. The molecule has 1 aliphatic carbocycles. The van der Waals surface area contributed by atoms with E-state index in [1.807, 2.05) is 13.8 Å². The first-order chi connectivity index (χ1) is 16.1. The summed E-state index contributed by atoms with van der Waals surface area (Å²) in [4.78, 5) is 0. The molecule has 0 nitrogen and oxygen atoms in total. The molecular weight excluding hydrogens is 396 g/mol. The Bertz CT molecular complexity index is 1700. The molecule has 1 aliphatic rings. The van der Waals surface area contributed by atoms with Crippen LogP contribution in [0.4, 0.5) is 0 Å². The predicted molar refractivity (Wildman–Crippen MR) is 145 cm³/mol. The number of fused-ring (bicyclic) bond motifs is 8. The van der Waals surface area contributed by atoms with Gasteiger partial charge in [0.1, 0.15) is 0 Å². The zero-order chi connectivity index (χ0) is 22.7. The van der Waals surface area contributed by atoms with Gasteiger partial charge in [0.25, 0.3) is 0 Å². The maximum Gasteiger partial charge on any atom is 0.0159 e. The summed E-state index contributed by atoms with van der Waals surface area (Å²) in [5.74, 6) is 0. The molecule has 6 aromatic carbocycles. The molecule has 6 aromatic rings. The fraction of sp³-hybridized carbons (Fsp3) is 0.152. The maximum atomic E-state index is 2.38. The Balaban J connectivity index is 0.00000101. The molecule has 0 atom stereocenters. The summed E-state index contributed by atoms with van der Waals surface area (Å²) in [6.45, 7) is 8.77. The van der Waals surface area contributed by atoms with Crippen molar-refractivity contribution in [3.63, 3.8) is 0 Å². The van der Waals surface area contributed by atoms with Crippen LogP contribution in [0.2, 0.25) is 0 Å². The van der Waals surface area contributed by atoms with Gasteiger partial charge in [-0.05, 0) is 71.4 Å². The molecule has 0 spiro atoms. The zero-order valence-corrected chi connectivity index (χ0v) is 19.7. The fourth-order valence-corrected chi connectivity index (χ4v) is 5.93. The monoisotopic (exact) mass is 424 g/mol. The minimum atomic E-state index is -0.0601. The van der Waals surface area contributed by atoms with E-state index < -0.39 is 0 Å². The summed E-state index contributed by atoms with van der Waals surface area (Å²) in [6.07, 6.45) is 0. The van der Waals surface area contributed by atoms with Crippen LogP contribution < -0.4 is 0 Å². The SMILES string of the molecule is CC.CC1(C)c2ccc3ccc4ccccc4c3c2-c2c3ccccc3cc3cccc1c23. The minimum absolute atomic E-state index is 0.0601. The smallest absolute Gasteiger partial charge is 0.0159 e. The van der Waals surface area contributed by atoms with E-state index in [9.17, 15) is 0 Å². The molecule has 0 heteroatoms. The predicted octanol–water partition coefficient (Wildman–Crippen LogP) is 9.63. The van der Waals surface area contributed by atoms with E-state index in [1.54, 1.807) is 0 Å². The quantitative estimate of drug-likeness (QED) is 0.168. The molecule has 0 saturated carbocycles. The van der Waals surface area contributed by atoms with E-state index in [0.717, 1.165) is 0 Å². The third kappa shape index (κ3) is 2.64. The lowest BCUT2D eigenvalue weighted by molar-refractivity contribution is 0.646. The second-order valence-electron chi connectivity index (χ2n) is 9.37. The standard InChI is InChI=1S/C31H22.C2H6/c1-31(2)25-13-7-10-22-18-21-9-4-6-12-24(21)29(28(22)25)30-26(31)17-16-20-15-14-19-8-3-5-11-23(19)27(20)30;1-2/h3-18H,1-2H3;1-2H3. The van der Waals surface area contributed by atoms with Crippen molar-refractivity contribution in [2.75, 3.05) is 0 Å². The van der Waals surface area contributed by atoms with Crippen molar-refractivity contribution >= 4 is 43.1 Å². The van der Waals surface area contributed by atoms with Crippen LogP contribution in [0.25, 0.3) is 54.2 Å². The summed E-state index contributed by atoms with van der Waals surface area (Å²) < 4.78 is 0. The highest BCUT2D eigenvalue weighted by Crippen LogP contribution is 2.53. The molecule has 0 radical (unpaired) electrons. The summed E-state index contributed by atoms with van der Waals surface area (Å²) in [7, 11) is 0. The summed E-state index contributed by atoms with van der Waals surface area (Å²) in [5, 5.41) is 10.8. The molecule has 0 unspecified atom stereocenters. The van der Waals surface area contributed by atoms with Crippen molar-refractivity contribution < 1.29 is 0 Å². The van der Waals surface area contributed by atoms with Crippen molar-refractivity contribution in [3.8, 4) is 11.1 Å². The number of rotatable bonds is 0. The highest BCUT2D eigenvalue weighted by atomic mass is 14.4. The van der Waals surface area contributed by atoms with E-state index in [2.05, 4.69) is 111 Å². The Morgan fingerprint density at radius 1 is 0.455 bits per heavy atom. The van der Waals surface area contributed by atoms with Crippen molar-refractivity contribution in [1.29, 1.82) is 0 Å². The topological polar surface area (TPSA) is 0 Å². The van der Waals surface area contributed by atoms with Gasteiger partial charge in [-0.1, -0.05) is 119 Å². The molecule has 0 heterocycles. The van der Waals surface area contributed by atoms with Crippen molar-refractivity contribution in [2.24, 2.45) is 0 Å². The van der Waals surface area contributed by atoms with E-state index >= 15 is 0 Å². The first kappa shape index (κ1) is 20.0. The Labute approximate surface area is 195 Å². The fourth-order valence-electron chi connectivity index (χ4n) is 5.93. The molecule has 7 rings (SSSR count). The Hall–Kier alpha value is -3.64. The first-order valence-corrected chi connectivity index (χ1v) is 12.0. The Morgan fingerprint density at radius 2 is 1.09 bits per heavy atom. The molecule has 33 heavy (non-hydrogen) atoms. The largest absolute Gasteiger partial charge is 0.0683 e. The van der Waals surface area contributed by atoms with Gasteiger partial charge in [-0.2, -0.15) is 0 Å². The van der Waals surface area contributed by atoms with Gasteiger partial charge in [-0.25, -0.2) is 0 Å². The van der Waals surface area contributed by atoms with Crippen LogP contribution in [0, 0.1) is 0 Å². The third-order valence-electron chi connectivity index (χ3n) is 7.39. The minimum Gasteiger partial charge on any atom is -0.0683 e. The second kappa shape index (κ2) is 7.18. The molecule has 0 aromatic heterocycles. The zero-order valence-electron chi connectivity index (χ0n) is 19.7. The Kier molecular flexibility index (Phi) is 4.35. The van der Waals surface area contributed by atoms with Gasteiger partial charge < -0.3 is 0 Å². The average Bonchev–Trinajstić information content (AvgIpc) is 2.86. The normalized spacial score (nSPS) is 13.7. The van der Waals surface area contributed by atoms with Crippen LogP contribution in [-0.2, 0) is 5.41 Å². The molecule has 0 amide bonds.